The van der Waals surface area contributed by atoms with Crippen LogP contribution in [0.3, 0.4) is 0 Å². The van der Waals surface area contributed by atoms with Gasteiger partial charge in [-0.25, -0.2) is 0 Å². The van der Waals surface area contributed by atoms with Gasteiger partial charge in [0.05, 0.1) is 6.10 Å². The molecule has 0 saturated heterocycles. The van der Waals surface area contributed by atoms with Crippen molar-refractivity contribution in [1.29, 1.82) is 0 Å². The van der Waals surface area contributed by atoms with Crippen molar-refractivity contribution < 1.29 is 5.11 Å². The lowest BCUT2D eigenvalue weighted by molar-refractivity contribution is -0.154. The lowest BCUT2D eigenvalue weighted by atomic mass is 9.39. The lowest BCUT2D eigenvalue weighted by Gasteiger charge is -2.66. The van der Waals surface area contributed by atoms with Crippen molar-refractivity contribution in [3.05, 3.63) is 11.6 Å². The molecule has 1 nitrogen and oxygen atoms in total. The standard InChI is InChI=1S/C19H30O/c1-17-7-14-8-18(2,11-17)13-19(9-14,12-17)10-16(20)15-5-3-4-6-15/h5,14,16,20H,3-4,6-13H2,1-2H3. The van der Waals surface area contributed by atoms with Crippen LogP contribution < -0.4 is 0 Å². The second-order valence-corrected chi connectivity index (χ2v) is 9.52. The molecule has 20 heavy (non-hydrogen) atoms. The van der Waals surface area contributed by atoms with Gasteiger partial charge in [0, 0.05) is 0 Å². The fourth-order valence-corrected chi connectivity index (χ4v) is 7.45. The zero-order chi connectivity index (χ0) is 14.0. The predicted molar refractivity (Wildman–Crippen MR) is 82.4 cm³/mol. The van der Waals surface area contributed by atoms with Crippen molar-refractivity contribution in [3.63, 3.8) is 0 Å². The minimum absolute atomic E-state index is 0.138. The number of hydrogen-bond acceptors (Lipinski definition) is 1. The van der Waals surface area contributed by atoms with E-state index in [9.17, 15) is 5.11 Å². The average Bonchev–Trinajstić information content (AvgIpc) is 2.75. The highest BCUT2D eigenvalue weighted by molar-refractivity contribution is 5.16. The summed E-state index contributed by atoms with van der Waals surface area (Å²) in [5.41, 5.74) is 2.98. The Morgan fingerprint density at radius 3 is 2.40 bits per heavy atom. The maximum absolute atomic E-state index is 10.7. The molecule has 0 heterocycles. The maximum atomic E-state index is 10.7. The summed E-state index contributed by atoms with van der Waals surface area (Å²) in [5, 5.41) is 10.7. The summed E-state index contributed by atoms with van der Waals surface area (Å²) >= 11 is 0. The molecule has 1 N–H and O–H groups in total. The summed E-state index contributed by atoms with van der Waals surface area (Å²) in [7, 11) is 0. The molecule has 0 spiro atoms. The first-order valence-corrected chi connectivity index (χ1v) is 8.77. The topological polar surface area (TPSA) is 20.2 Å². The summed E-state index contributed by atoms with van der Waals surface area (Å²) in [5.74, 6) is 0.950. The normalized spacial score (nSPS) is 51.4. The molecule has 4 saturated carbocycles. The molecule has 0 radical (unpaired) electrons. The van der Waals surface area contributed by atoms with Gasteiger partial charge in [-0.15, -0.1) is 0 Å². The fraction of sp³-hybridized carbons (Fsp3) is 0.895. The molecule has 0 aromatic carbocycles. The van der Waals surface area contributed by atoms with Crippen LogP contribution in [0.2, 0.25) is 0 Å². The molecule has 0 amide bonds. The Kier molecular flexibility index (Phi) is 2.76. The number of rotatable bonds is 3. The smallest absolute Gasteiger partial charge is 0.0755 e. The first-order chi connectivity index (χ1) is 9.40. The van der Waals surface area contributed by atoms with E-state index in [0.29, 0.717) is 16.2 Å². The first kappa shape index (κ1) is 13.4. The zero-order valence-corrected chi connectivity index (χ0v) is 13.3. The highest BCUT2D eigenvalue weighted by Crippen LogP contribution is 2.70. The number of aliphatic hydroxyl groups excluding tert-OH is 1. The largest absolute Gasteiger partial charge is 0.389 e. The van der Waals surface area contributed by atoms with Gasteiger partial charge in [-0.2, -0.15) is 0 Å². The summed E-state index contributed by atoms with van der Waals surface area (Å²) in [6.07, 6.45) is 15.4. The molecular weight excluding hydrogens is 244 g/mol. The summed E-state index contributed by atoms with van der Waals surface area (Å²) in [6.45, 7) is 5.07. The molecule has 0 aliphatic heterocycles. The molecule has 3 atom stereocenters. The van der Waals surface area contributed by atoms with Gasteiger partial charge in [-0.05, 0) is 91.9 Å². The lowest BCUT2D eigenvalue weighted by Crippen LogP contribution is -2.55. The van der Waals surface area contributed by atoms with E-state index >= 15 is 0 Å². The van der Waals surface area contributed by atoms with Gasteiger partial charge in [0.2, 0.25) is 0 Å². The van der Waals surface area contributed by atoms with Crippen molar-refractivity contribution in [3.8, 4) is 0 Å². The van der Waals surface area contributed by atoms with Crippen molar-refractivity contribution in [2.75, 3.05) is 0 Å². The summed E-state index contributed by atoms with van der Waals surface area (Å²) in [6, 6.07) is 0. The highest BCUT2D eigenvalue weighted by Gasteiger charge is 2.60. The van der Waals surface area contributed by atoms with Crippen LogP contribution in [0.5, 0.6) is 0 Å². The first-order valence-electron chi connectivity index (χ1n) is 8.77. The van der Waals surface area contributed by atoms with Crippen LogP contribution in [0.4, 0.5) is 0 Å². The molecule has 0 aromatic heterocycles. The molecule has 5 aliphatic carbocycles. The van der Waals surface area contributed by atoms with Crippen LogP contribution in [0.25, 0.3) is 0 Å². The van der Waals surface area contributed by atoms with Gasteiger partial charge in [-0.3, -0.25) is 0 Å². The van der Waals surface area contributed by atoms with Gasteiger partial charge in [-0.1, -0.05) is 19.9 Å². The molecular formula is C19H30O. The van der Waals surface area contributed by atoms with Crippen LogP contribution >= 0.6 is 0 Å². The monoisotopic (exact) mass is 274 g/mol. The molecule has 112 valence electrons. The van der Waals surface area contributed by atoms with E-state index < -0.39 is 0 Å². The van der Waals surface area contributed by atoms with E-state index in [1.54, 1.807) is 0 Å². The Hall–Kier alpha value is -0.300. The number of aliphatic hydroxyl groups is 1. The minimum atomic E-state index is -0.138. The van der Waals surface area contributed by atoms with E-state index in [0.717, 1.165) is 18.8 Å². The molecule has 3 unspecified atom stereocenters. The van der Waals surface area contributed by atoms with Crippen LogP contribution in [0, 0.1) is 22.2 Å². The Balaban J connectivity index is 1.57. The van der Waals surface area contributed by atoms with E-state index in [-0.39, 0.29) is 6.10 Å². The fourth-order valence-electron chi connectivity index (χ4n) is 7.45. The van der Waals surface area contributed by atoms with Crippen molar-refractivity contribution >= 4 is 0 Å². The Morgan fingerprint density at radius 1 is 1.15 bits per heavy atom. The SMILES string of the molecule is CC12CC3CC(C)(C1)CC(CC(O)C1=CCCC1)(C3)C2. The van der Waals surface area contributed by atoms with Gasteiger partial charge >= 0.3 is 0 Å². The van der Waals surface area contributed by atoms with E-state index in [1.807, 2.05) is 0 Å². The molecule has 5 rings (SSSR count). The van der Waals surface area contributed by atoms with E-state index in [4.69, 9.17) is 0 Å². The summed E-state index contributed by atoms with van der Waals surface area (Å²) < 4.78 is 0. The second kappa shape index (κ2) is 4.12. The van der Waals surface area contributed by atoms with Crippen LogP contribution in [-0.4, -0.2) is 11.2 Å². The van der Waals surface area contributed by atoms with Crippen LogP contribution in [0.15, 0.2) is 11.6 Å². The average molecular weight is 274 g/mol. The summed E-state index contributed by atoms with van der Waals surface area (Å²) in [4.78, 5) is 0. The third-order valence-electron chi connectivity index (χ3n) is 6.87. The van der Waals surface area contributed by atoms with Gasteiger partial charge < -0.3 is 5.11 Å². The van der Waals surface area contributed by atoms with Gasteiger partial charge in [0.25, 0.3) is 0 Å². The second-order valence-electron chi connectivity index (χ2n) is 9.52. The quantitative estimate of drug-likeness (QED) is 0.730. The molecule has 4 bridgehead atoms. The molecule has 4 fully saturated rings. The van der Waals surface area contributed by atoms with Crippen LogP contribution in [0.1, 0.15) is 78.1 Å². The minimum Gasteiger partial charge on any atom is -0.389 e. The third-order valence-corrected chi connectivity index (χ3v) is 6.87. The van der Waals surface area contributed by atoms with E-state index in [2.05, 4.69) is 19.9 Å². The van der Waals surface area contributed by atoms with Crippen molar-refractivity contribution in [2.24, 2.45) is 22.2 Å². The number of hydrogen-bond donors (Lipinski definition) is 1. The Labute approximate surface area is 123 Å². The van der Waals surface area contributed by atoms with Gasteiger partial charge in [0.1, 0.15) is 0 Å². The number of allylic oxidation sites excluding steroid dienone is 1. The molecule has 1 heteroatoms. The molecule has 0 aromatic rings. The zero-order valence-electron chi connectivity index (χ0n) is 13.3. The van der Waals surface area contributed by atoms with Crippen LogP contribution in [-0.2, 0) is 0 Å². The van der Waals surface area contributed by atoms with Gasteiger partial charge in [0.15, 0.2) is 0 Å². The maximum Gasteiger partial charge on any atom is 0.0755 e. The predicted octanol–water partition coefficient (Wildman–Crippen LogP) is 4.84. The Morgan fingerprint density at radius 2 is 1.85 bits per heavy atom. The highest BCUT2D eigenvalue weighted by atomic mass is 16.3. The van der Waals surface area contributed by atoms with Crippen molar-refractivity contribution in [2.45, 2.75) is 84.2 Å². The third kappa shape index (κ3) is 2.08. The Bertz CT molecular complexity index is 431. The van der Waals surface area contributed by atoms with E-state index in [1.165, 1.54) is 56.9 Å². The van der Waals surface area contributed by atoms with Crippen molar-refractivity contribution in [1.82, 2.24) is 0 Å². The molecule has 5 aliphatic rings.